The molecule has 2 aromatic rings. The van der Waals surface area contributed by atoms with Gasteiger partial charge in [0.1, 0.15) is 0 Å². The summed E-state index contributed by atoms with van der Waals surface area (Å²) in [6.07, 6.45) is 5.02. The number of hydrogen-bond acceptors (Lipinski definition) is 3. The van der Waals surface area contributed by atoms with Crippen LogP contribution in [0.1, 0.15) is 52.0 Å². The summed E-state index contributed by atoms with van der Waals surface area (Å²) in [5.41, 5.74) is 2.28. The minimum absolute atomic E-state index is 0.0190. The third-order valence-corrected chi connectivity index (χ3v) is 6.06. The van der Waals surface area contributed by atoms with Gasteiger partial charge in [0.05, 0.1) is 11.3 Å². The number of aromatic nitrogens is 1. The maximum absolute atomic E-state index is 12.2. The van der Waals surface area contributed by atoms with E-state index in [4.69, 9.17) is 0 Å². The van der Waals surface area contributed by atoms with Crippen molar-refractivity contribution in [3.8, 4) is 0 Å². The quantitative estimate of drug-likeness (QED) is 0.849. The van der Waals surface area contributed by atoms with Gasteiger partial charge in [0.15, 0.2) is 0 Å². The van der Waals surface area contributed by atoms with Gasteiger partial charge in [-0.05, 0) is 36.0 Å². The Hall–Kier alpha value is -1.75. The van der Waals surface area contributed by atoms with Crippen LogP contribution in [0.2, 0.25) is 0 Å². The van der Waals surface area contributed by atoms with Crippen molar-refractivity contribution in [3.05, 3.63) is 40.2 Å². The van der Waals surface area contributed by atoms with Crippen LogP contribution in [0.15, 0.2) is 29.1 Å². The van der Waals surface area contributed by atoms with Crippen molar-refractivity contribution >= 4 is 34.3 Å². The number of anilines is 1. The fourth-order valence-corrected chi connectivity index (χ4v) is 4.53. The molecule has 1 amide bonds. The van der Waals surface area contributed by atoms with Crippen molar-refractivity contribution < 1.29 is 4.79 Å². The van der Waals surface area contributed by atoms with E-state index in [9.17, 15) is 9.59 Å². The molecule has 2 N–H and O–H groups in total. The fourth-order valence-electron chi connectivity index (χ4n) is 3.40. The van der Waals surface area contributed by atoms with Crippen molar-refractivity contribution in [1.82, 2.24) is 4.98 Å². The van der Waals surface area contributed by atoms with E-state index in [1.165, 1.54) is 25.7 Å². The van der Waals surface area contributed by atoms with Crippen molar-refractivity contribution in [2.75, 3.05) is 11.1 Å². The number of pyridine rings is 1. The molecule has 4 nitrogen and oxygen atoms in total. The number of fused-ring (bicyclic) bond motifs is 1. The lowest BCUT2D eigenvalue weighted by atomic mass is 9.85. The van der Waals surface area contributed by atoms with Gasteiger partial charge in [-0.2, -0.15) is 0 Å². The lowest BCUT2D eigenvalue weighted by molar-refractivity contribution is -0.113. The van der Waals surface area contributed by atoms with E-state index in [2.05, 4.69) is 31.1 Å². The lowest BCUT2D eigenvalue weighted by Crippen LogP contribution is -2.18. The molecule has 1 aromatic carbocycles. The molecule has 1 heterocycles. The number of hydrogen-bond donors (Lipinski definition) is 2. The summed E-state index contributed by atoms with van der Waals surface area (Å²) in [5.74, 6) is 0.506. The first-order chi connectivity index (χ1) is 11.8. The van der Waals surface area contributed by atoms with E-state index in [0.717, 1.165) is 22.2 Å². The van der Waals surface area contributed by atoms with E-state index in [1.54, 1.807) is 17.8 Å². The van der Waals surface area contributed by atoms with E-state index < -0.39 is 0 Å². The highest BCUT2D eigenvalue weighted by Crippen LogP contribution is 2.30. The molecule has 0 aliphatic heterocycles. The summed E-state index contributed by atoms with van der Waals surface area (Å²) in [6.45, 7) is 6.28. The lowest BCUT2D eigenvalue weighted by Gasteiger charge is -2.21. The first-order valence-corrected chi connectivity index (χ1v) is 9.97. The molecule has 134 valence electrons. The second kappa shape index (κ2) is 7.24. The first kappa shape index (κ1) is 18.1. The van der Waals surface area contributed by atoms with Gasteiger partial charge >= 0.3 is 0 Å². The Labute approximate surface area is 152 Å². The number of nitrogens with one attached hydrogen (secondary N) is 2. The maximum atomic E-state index is 12.2. The van der Waals surface area contributed by atoms with Gasteiger partial charge in [-0.1, -0.05) is 39.7 Å². The molecule has 3 rings (SSSR count). The van der Waals surface area contributed by atoms with Crippen molar-refractivity contribution in [2.45, 2.75) is 57.1 Å². The van der Waals surface area contributed by atoms with Gasteiger partial charge in [-0.15, -0.1) is 11.8 Å². The van der Waals surface area contributed by atoms with Gasteiger partial charge in [-0.3, -0.25) is 9.59 Å². The van der Waals surface area contributed by atoms with Crippen LogP contribution in [0.3, 0.4) is 0 Å². The summed E-state index contributed by atoms with van der Waals surface area (Å²) in [4.78, 5) is 27.1. The second-order valence-electron chi connectivity index (χ2n) is 7.82. The molecule has 0 spiro atoms. The second-order valence-corrected chi connectivity index (χ2v) is 9.11. The number of H-pyrrole nitrogens is 1. The Kier molecular flexibility index (Phi) is 5.23. The first-order valence-electron chi connectivity index (χ1n) is 8.92. The molecular weight excluding hydrogens is 332 g/mol. The number of thioether (sulfide) groups is 1. The number of carbonyl (C=O) groups is 1. The topological polar surface area (TPSA) is 62.0 Å². The molecule has 0 bridgehead atoms. The summed E-state index contributed by atoms with van der Waals surface area (Å²) in [6, 6.07) is 7.41. The smallest absolute Gasteiger partial charge is 0.248 e. The standard InChI is InChI=1S/C20H26N2O2S/c1-20(2,3)16-11-18(23)22-17-10-13(8-9-15(16)17)21-19(24)12-25-14-6-4-5-7-14/h8-11,14H,4-7,12H2,1-3H3,(H,21,24)(H,22,23). The van der Waals surface area contributed by atoms with Gasteiger partial charge in [-0.25, -0.2) is 0 Å². The van der Waals surface area contributed by atoms with Crippen molar-refractivity contribution in [2.24, 2.45) is 0 Å². The minimum Gasteiger partial charge on any atom is -0.325 e. The molecule has 1 aromatic heterocycles. The normalized spacial score (nSPS) is 15.6. The zero-order chi connectivity index (χ0) is 18.0. The molecule has 1 aliphatic rings. The van der Waals surface area contributed by atoms with Gasteiger partial charge in [0.25, 0.3) is 0 Å². The van der Waals surface area contributed by atoms with Gasteiger partial charge in [0.2, 0.25) is 11.5 Å². The largest absolute Gasteiger partial charge is 0.325 e. The van der Waals surface area contributed by atoms with Crippen LogP contribution in [0.4, 0.5) is 5.69 Å². The van der Waals surface area contributed by atoms with Crippen LogP contribution in [-0.4, -0.2) is 21.9 Å². The van der Waals surface area contributed by atoms with Crippen LogP contribution >= 0.6 is 11.8 Å². The average Bonchev–Trinajstić information content (AvgIpc) is 3.04. The van der Waals surface area contributed by atoms with Crippen molar-refractivity contribution in [1.29, 1.82) is 0 Å². The predicted octanol–water partition coefficient (Wildman–Crippen LogP) is 4.44. The molecule has 0 atom stereocenters. The fraction of sp³-hybridized carbons (Fsp3) is 0.500. The molecular formula is C20H26N2O2S. The molecule has 5 heteroatoms. The van der Waals surface area contributed by atoms with E-state index in [-0.39, 0.29) is 16.9 Å². The number of benzene rings is 1. The third-order valence-electron chi connectivity index (χ3n) is 4.69. The summed E-state index contributed by atoms with van der Waals surface area (Å²) >= 11 is 1.75. The Balaban J connectivity index is 1.76. The Morgan fingerprint density at radius 1 is 1.24 bits per heavy atom. The van der Waals surface area contributed by atoms with Crippen molar-refractivity contribution in [3.63, 3.8) is 0 Å². The number of rotatable bonds is 4. The number of aromatic amines is 1. The van der Waals surface area contributed by atoms with Crippen LogP contribution < -0.4 is 10.9 Å². The van der Waals surface area contributed by atoms with Crippen LogP contribution in [0, 0.1) is 0 Å². The molecule has 0 saturated heterocycles. The Morgan fingerprint density at radius 2 is 1.96 bits per heavy atom. The summed E-state index contributed by atoms with van der Waals surface area (Å²) in [7, 11) is 0. The zero-order valence-electron chi connectivity index (χ0n) is 15.1. The molecule has 25 heavy (non-hydrogen) atoms. The highest BCUT2D eigenvalue weighted by Gasteiger charge is 2.19. The van der Waals surface area contributed by atoms with Crippen LogP contribution in [0.25, 0.3) is 10.9 Å². The SMILES string of the molecule is CC(C)(C)c1cc(=O)[nH]c2cc(NC(=O)CSC3CCCC3)ccc12. The van der Waals surface area contributed by atoms with Crippen LogP contribution in [-0.2, 0) is 10.2 Å². The predicted molar refractivity (Wildman–Crippen MR) is 107 cm³/mol. The monoisotopic (exact) mass is 358 g/mol. The minimum atomic E-state index is -0.116. The van der Waals surface area contributed by atoms with Crippen LogP contribution in [0.5, 0.6) is 0 Å². The molecule has 0 unspecified atom stereocenters. The molecule has 0 radical (unpaired) electrons. The van der Waals surface area contributed by atoms with E-state index in [0.29, 0.717) is 11.0 Å². The third kappa shape index (κ3) is 4.46. The zero-order valence-corrected chi connectivity index (χ0v) is 16.0. The Bertz CT molecular complexity index is 830. The van der Waals surface area contributed by atoms with Gasteiger partial charge < -0.3 is 10.3 Å². The maximum Gasteiger partial charge on any atom is 0.248 e. The van der Waals surface area contributed by atoms with E-state index in [1.807, 2.05) is 18.2 Å². The van der Waals surface area contributed by atoms with Gasteiger partial charge in [0, 0.05) is 22.4 Å². The van der Waals surface area contributed by atoms with E-state index >= 15 is 0 Å². The summed E-state index contributed by atoms with van der Waals surface area (Å²) in [5, 5.41) is 4.61. The highest BCUT2D eigenvalue weighted by atomic mass is 32.2. The Morgan fingerprint density at radius 3 is 2.64 bits per heavy atom. The number of carbonyl (C=O) groups excluding carboxylic acids is 1. The molecule has 1 saturated carbocycles. The summed E-state index contributed by atoms with van der Waals surface area (Å²) < 4.78 is 0. The molecule has 1 aliphatic carbocycles. The highest BCUT2D eigenvalue weighted by molar-refractivity contribution is 8.00. The average molecular weight is 359 g/mol. The number of amides is 1. The molecule has 1 fully saturated rings.